The summed E-state index contributed by atoms with van der Waals surface area (Å²) < 4.78 is 18.5. The van der Waals surface area contributed by atoms with Gasteiger partial charge in [0.05, 0.1) is 18.0 Å². The highest BCUT2D eigenvalue weighted by atomic mass is 19.1. The third-order valence-electron chi connectivity index (χ3n) is 5.39. The molecule has 0 unspecified atom stereocenters. The molecule has 1 fully saturated rings. The van der Waals surface area contributed by atoms with Gasteiger partial charge in [-0.1, -0.05) is 12.1 Å². The van der Waals surface area contributed by atoms with Gasteiger partial charge in [0.1, 0.15) is 17.1 Å². The Morgan fingerprint density at radius 3 is 2.48 bits per heavy atom. The van der Waals surface area contributed by atoms with Crippen molar-refractivity contribution >= 4 is 17.3 Å². The number of benzene rings is 2. The molecule has 0 saturated carbocycles. The number of likely N-dealkylation sites (tertiary alicyclic amines) is 1. The largest absolute Gasteiger partial charge is 0.494 e. The fraction of sp³-hybridized carbons (Fsp3) is 0.381. The molecular formula is C21H24FN3O2. The van der Waals surface area contributed by atoms with Gasteiger partial charge < -0.3 is 20.3 Å². The van der Waals surface area contributed by atoms with Gasteiger partial charge in [0, 0.05) is 19.6 Å². The van der Waals surface area contributed by atoms with E-state index in [1.807, 2.05) is 24.3 Å². The second-order valence-electron chi connectivity index (χ2n) is 7.20. The lowest BCUT2D eigenvalue weighted by Crippen LogP contribution is -2.58. The number of nitrogens with one attached hydrogen (secondary N) is 2. The van der Waals surface area contributed by atoms with Crippen LogP contribution in [0.25, 0.3) is 0 Å². The maximum absolute atomic E-state index is 12.9. The summed E-state index contributed by atoms with van der Waals surface area (Å²) in [7, 11) is 0. The monoisotopic (exact) mass is 369 g/mol. The van der Waals surface area contributed by atoms with Gasteiger partial charge in [-0.15, -0.1) is 0 Å². The standard InChI is InChI=1S/C21H24FN3O2/c22-16-6-8-17(9-7-16)27-15-3-12-25-13-10-21(11-14-25)20(26)23-18-4-1-2-5-19(18)24-21/h1-2,4-9,24H,3,10-15H2,(H,23,26). The molecule has 2 aliphatic heterocycles. The number of hydrogen-bond donors (Lipinski definition) is 2. The van der Waals surface area contributed by atoms with Crippen molar-refractivity contribution in [3.63, 3.8) is 0 Å². The Balaban J connectivity index is 1.24. The molecule has 142 valence electrons. The van der Waals surface area contributed by atoms with Crippen molar-refractivity contribution in [1.82, 2.24) is 4.90 Å². The molecule has 4 rings (SSSR count). The number of carbonyl (C=O) groups is 1. The fourth-order valence-electron chi connectivity index (χ4n) is 3.78. The molecule has 27 heavy (non-hydrogen) atoms. The van der Waals surface area contributed by atoms with Crippen molar-refractivity contribution in [2.45, 2.75) is 24.8 Å². The van der Waals surface area contributed by atoms with Crippen LogP contribution in [0.4, 0.5) is 15.8 Å². The number of para-hydroxylation sites is 2. The summed E-state index contributed by atoms with van der Waals surface area (Å²) in [5.74, 6) is 0.504. The van der Waals surface area contributed by atoms with E-state index in [1.54, 1.807) is 12.1 Å². The van der Waals surface area contributed by atoms with E-state index in [0.29, 0.717) is 12.4 Å². The zero-order valence-corrected chi connectivity index (χ0v) is 15.2. The fourth-order valence-corrected chi connectivity index (χ4v) is 3.78. The number of rotatable bonds is 5. The summed E-state index contributed by atoms with van der Waals surface area (Å²) in [6.45, 7) is 3.27. The van der Waals surface area contributed by atoms with Gasteiger partial charge in [0.15, 0.2) is 0 Å². The summed E-state index contributed by atoms with van der Waals surface area (Å²) in [4.78, 5) is 15.0. The molecule has 1 saturated heterocycles. The van der Waals surface area contributed by atoms with E-state index in [-0.39, 0.29) is 11.7 Å². The van der Waals surface area contributed by atoms with Crippen LogP contribution in [0.15, 0.2) is 48.5 Å². The predicted molar refractivity (Wildman–Crippen MR) is 104 cm³/mol. The van der Waals surface area contributed by atoms with Crippen LogP contribution < -0.4 is 15.4 Å². The highest BCUT2D eigenvalue weighted by molar-refractivity contribution is 6.06. The Bertz CT molecular complexity index is 801. The Morgan fingerprint density at radius 1 is 1.04 bits per heavy atom. The molecule has 0 radical (unpaired) electrons. The molecular weight excluding hydrogens is 345 g/mol. The Morgan fingerprint density at radius 2 is 1.74 bits per heavy atom. The highest BCUT2D eigenvalue weighted by Gasteiger charge is 2.44. The minimum Gasteiger partial charge on any atom is -0.494 e. The molecule has 0 aliphatic carbocycles. The van der Waals surface area contributed by atoms with Gasteiger partial charge in [-0.05, 0) is 55.7 Å². The van der Waals surface area contributed by atoms with Crippen molar-refractivity contribution in [2.75, 3.05) is 36.9 Å². The molecule has 2 aromatic carbocycles. The summed E-state index contributed by atoms with van der Waals surface area (Å²) >= 11 is 0. The number of carbonyl (C=O) groups excluding carboxylic acids is 1. The Kier molecular flexibility index (Phi) is 4.99. The van der Waals surface area contributed by atoms with Crippen LogP contribution in [-0.2, 0) is 4.79 Å². The van der Waals surface area contributed by atoms with E-state index in [0.717, 1.165) is 50.3 Å². The van der Waals surface area contributed by atoms with Crippen LogP contribution in [0.2, 0.25) is 0 Å². The van der Waals surface area contributed by atoms with Crippen molar-refractivity contribution < 1.29 is 13.9 Å². The number of fused-ring (bicyclic) bond motifs is 1. The quantitative estimate of drug-likeness (QED) is 0.792. The molecule has 2 aromatic rings. The van der Waals surface area contributed by atoms with Crippen molar-refractivity contribution in [3.05, 3.63) is 54.3 Å². The smallest absolute Gasteiger partial charge is 0.250 e. The number of piperidine rings is 1. The normalized spacial score (nSPS) is 18.5. The number of amides is 1. The second-order valence-corrected chi connectivity index (χ2v) is 7.20. The summed E-state index contributed by atoms with van der Waals surface area (Å²) in [5, 5.41) is 6.52. The van der Waals surface area contributed by atoms with Crippen LogP contribution in [0.1, 0.15) is 19.3 Å². The molecule has 2 heterocycles. The molecule has 1 amide bonds. The van der Waals surface area contributed by atoms with E-state index >= 15 is 0 Å². The van der Waals surface area contributed by atoms with Crippen LogP contribution in [0.5, 0.6) is 5.75 Å². The molecule has 1 spiro atoms. The Hall–Kier alpha value is -2.60. The minimum atomic E-state index is -0.504. The molecule has 0 bridgehead atoms. The Labute approximate surface area is 158 Å². The molecule has 0 aromatic heterocycles. The maximum atomic E-state index is 12.9. The van der Waals surface area contributed by atoms with E-state index < -0.39 is 5.54 Å². The van der Waals surface area contributed by atoms with Gasteiger partial charge >= 0.3 is 0 Å². The topological polar surface area (TPSA) is 53.6 Å². The zero-order chi connectivity index (χ0) is 18.7. The first-order valence-electron chi connectivity index (χ1n) is 9.44. The number of halogens is 1. The lowest BCUT2D eigenvalue weighted by atomic mass is 9.84. The van der Waals surface area contributed by atoms with Gasteiger partial charge in [0.25, 0.3) is 0 Å². The zero-order valence-electron chi connectivity index (χ0n) is 15.2. The van der Waals surface area contributed by atoms with Crippen LogP contribution in [-0.4, -0.2) is 42.6 Å². The summed E-state index contributed by atoms with van der Waals surface area (Å²) in [6, 6.07) is 13.9. The number of anilines is 2. The van der Waals surface area contributed by atoms with E-state index in [2.05, 4.69) is 15.5 Å². The first-order chi connectivity index (χ1) is 13.1. The van der Waals surface area contributed by atoms with Crippen molar-refractivity contribution in [1.29, 1.82) is 0 Å². The molecule has 5 nitrogen and oxygen atoms in total. The van der Waals surface area contributed by atoms with Gasteiger partial charge in [-0.2, -0.15) is 0 Å². The second kappa shape index (κ2) is 7.56. The van der Waals surface area contributed by atoms with Crippen molar-refractivity contribution in [2.24, 2.45) is 0 Å². The maximum Gasteiger partial charge on any atom is 0.250 e. The highest BCUT2D eigenvalue weighted by Crippen LogP contribution is 2.36. The molecule has 2 N–H and O–H groups in total. The molecule has 2 aliphatic rings. The lowest BCUT2D eigenvalue weighted by molar-refractivity contribution is -0.122. The molecule has 0 atom stereocenters. The van der Waals surface area contributed by atoms with Gasteiger partial charge in [0.2, 0.25) is 5.91 Å². The number of ether oxygens (including phenoxy) is 1. The van der Waals surface area contributed by atoms with Gasteiger partial charge in [-0.3, -0.25) is 4.79 Å². The summed E-state index contributed by atoms with van der Waals surface area (Å²) in [6.07, 6.45) is 2.46. The average Bonchev–Trinajstić information content (AvgIpc) is 2.69. The third-order valence-corrected chi connectivity index (χ3v) is 5.39. The van der Waals surface area contributed by atoms with Crippen LogP contribution >= 0.6 is 0 Å². The number of nitrogens with zero attached hydrogens (tertiary/aromatic N) is 1. The van der Waals surface area contributed by atoms with E-state index in [1.165, 1.54) is 12.1 Å². The average molecular weight is 369 g/mol. The lowest BCUT2D eigenvalue weighted by Gasteiger charge is -2.44. The predicted octanol–water partition coefficient (Wildman–Crippen LogP) is 3.49. The van der Waals surface area contributed by atoms with E-state index in [9.17, 15) is 9.18 Å². The summed E-state index contributed by atoms with van der Waals surface area (Å²) in [5.41, 5.74) is 1.35. The third kappa shape index (κ3) is 3.90. The van der Waals surface area contributed by atoms with E-state index in [4.69, 9.17) is 4.74 Å². The molecule has 6 heteroatoms. The first kappa shape index (κ1) is 17.8. The van der Waals surface area contributed by atoms with Gasteiger partial charge in [-0.25, -0.2) is 4.39 Å². The minimum absolute atomic E-state index is 0.0699. The van der Waals surface area contributed by atoms with Crippen molar-refractivity contribution in [3.8, 4) is 5.75 Å². The number of hydrogen-bond acceptors (Lipinski definition) is 4. The van der Waals surface area contributed by atoms with Crippen LogP contribution in [0.3, 0.4) is 0 Å². The first-order valence-corrected chi connectivity index (χ1v) is 9.44. The van der Waals surface area contributed by atoms with Crippen LogP contribution in [0, 0.1) is 5.82 Å². The SMILES string of the molecule is O=C1Nc2ccccc2NC12CCN(CCCOc1ccc(F)cc1)CC2.